The molecule has 166 valence electrons. The number of anilines is 1. The van der Waals surface area contributed by atoms with Crippen molar-refractivity contribution in [3.8, 4) is 5.75 Å². The molecule has 7 nitrogen and oxygen atoms in total. The van der Waals surface area contributed by atoms with Crippen molar-refractivity contribution in [1.82, 2.24) is 10.9 Å². The Morgan fingerprint density at radius 3 is 2.35 bits per heavy atom. The minimum atomic E-state index is -0.510. The molecule has 0 fully saturated rings. The van der Waals surface area contributed by atoms with Gasteiger partial charge in [0.05, 0.1) is 10.7 Å². The number of halogens is 2. The molecule has 0 saturated heterocycles. The largest absolute Gasteiger partial charge is 0.483 e. The second kappa shape index (κ2) is 12.2. The molecule has 0 bridgehead atoms. The highest BCUT2D eigenvalue weighted by atomic mass is 35.5. The Balaban J connectivity index is 1.71. The fourth-order valence-electron chi connectivity index (χ4n) is 2.65. The van der Waals surface area contributed by atoms with E-state index in [2.05, 4.69) is 30.0 Å². The molecule has 1 atom stereocenters. The molecule has 2 aromatic rings. The monoisotopic (exact) mass is 465 g/mol. The first-order chi connectivity index (χ1) is 14.8. The third-order valence-corrected chi connectivity index (χ3v) is 5.09. The molecule has 0 aliphatic rings. The van der Waals surface area contributed by atoms with Crippen LogP contribution in [0.3, 0.4) is 0 Å². The van der Waals surface area contributed by atoms with Gasteiger partial charge in [-0.05, 0) is 42.2 Å². The minimum Gasteiger partial charge on any atom is -0.483 e. The summed E-state index contributed by atoms with van der Waals surface area (Å²) in [6.45, 7) is 3.91. The maximum absolute atomic E-state index is 12.0. The third kappa shape index (κ3) is 8.11. The number of nitrogens with one attached hydrogen (secondary N) is 3. The van der Waals surface area contributed by atoms with Crippen molar-refractivity contribution < 1.29 is 19.1 Å². The number of carbonyl (C=O) groups is 3. The Morgan fingerprint density at radius 2 is 1.65 bits per heavy atom. The molecule has 0 aliphatic heterocycles. The van der Waals surface area contributed by atoms with Gasteiger partial charge in [0.25, 0.3) is 5.91 Å². The van der Waals surface area contributed by atoms with Gasteiger partial charge < -0.3 is 10.1 Å². The summed E-state index contributed by atoms with van der Waals surface area (Å²) in [6.07, 6.45) is 0.745. The number of benzene rings is 2. The average Bonchev–Trinajstić information content (AvgIpc) is 2.76. The van der Waals surface area contributed by atoms with Gasteiger partial charge in [0.1, 0.15) is 5.75 Å². The highest BCUT2D eigenvalue weighted by Gasteiger charge is 2.13. The number of rotatable bonds is 9. The fourth-order valence-corrected chi connectivity index (χ4v) is 3.11. The van der Waals surface area contributed by atoms with E-state index in [0.717, 1.165) is 12.0 Å². The molecular weight excluding hydrogens is 441 g/mol. The second-order valence-electron chi connectivity index (χ2n) is 6.90. The van der Waals surface area contributed by atoms with E-state index in [-0.39, 0.29) is 19.4 Å². The molecule has 3 amide bonds. The minimum absolute atomic E-state index is 0.0839. The Kier molecular flexibility index (Phi) is 9.62. The molecular formula is C22H25Cl2N3O4. The van der Waals surface area contributed by atoms with Gasteiger partial charge >= 0.3 is 0 Å². The van der Waals surface area contributed by atoms with Crippen LogP contribution in [0, 0.1) is 0 Å². The lowest BCUT2D eigenvalue weighted by Crippen LogP contribution is -2.44. The lowest BCUT2D eigenvalue weighted by atomic mass is 9.98. The third-order valence-electron chi connectivity index (χ3n) is 4.55. The van der Waals surface area contributed by atoms with Gasteiger partial charge in [0, 0.05) is 17.9 Å². The molecule has 3 N–H and O–H groups in total. The van der Waals surface area contributed by atoms with Gasteiger partial charge in [0.2, 0.25) is 11.8 Å². The van der Waals surface area contributed by atoms with E-state index in [1.165, 1.54) is 6.07 Å². The molecule has 9 heteroatoms. The van der Waals surface area contributed by atoms with Gasteiger partial charge in [0.15, 0.2) is 6.61 Å². The van der Waals surface area contributed by atoms with Crippen LogP contribution in [0.15, 0.2) is 42.5 Å². The number of amides is 3. The molecule has 2 aromatic carbocycles. The van der Waals surface area contributed by atoms with Crippen LogP contribution in [-0.2, 0) is 14.4 Å². The van der Waals surface area contributed by atoms with E-state index in [0.29, 0.717) is 27.4 Å². The zero-order valence-electron chi connectivity index (χ0n) is 17.3. The zero-order valence-corrected chi connectivity index (χ0v) is 18.8. The first-order valence-corrected chi connectivity index (χ1v) is 10.6. The summed E-state index contributed by atoms with van der Waals surface area (Å²) in [7, 11) is 0. The number of hydrogen-bond donors (Lipinski definition) is 3. The summed E-state index contributed by atoms with van der Waals surface area (Å²) in [6, 6.07) is 12.2. The first kappa shape index (κ1) is 24.5. The van der Waals surface area contributed by atoms with Crippen molar-refractivity contribution in [3.63, 3.8) is 0 Å². The van der Waals surface area contributed by atoms with Crippen molar-refractivity contribution in [2.45, 2.75) is 39.0 Å². The number of hydrazine groups is 1. The lowest BCUT2D eigenvalue weighted by molar-refractivity contribution is -0.130. The van der Waals surface area contributed by atoms with E-state index in [4.69, 9.17) is 27.9 Å². The Labute approximate surface area is 191 Å². The SMILES string of the molecule is CCC(C)c1ccccc1OCC(=O)NNC(=O)CCC(=O)Nc1ccc(Cl)cc1Cl. The summed E-state index contributed by atoms with van der Waals surface area (Å²) in [5.41, 5.74) is 5.96. The van der Waals surface area contributed by atoms with Crippen molar-refractivity contribution >= 4 is 46.6 Å². The van der Waals surface area contributed by atoms with Crippen LogP contribution in [0.5, 0.6) is 5.75 Å². The summed E-state index contributed by atoms with van der Waals surface area (Å²) >= 11 is 11.8. The van der Waals surface area contributed by atoms with Crippen molar-refractivity contribution in [1.29, 1.82) is 0 Å². The Morgan fingerprint density at radius 1 is 0.968 bits per heavy atom. The Bertz CT molecular complexity index is 937. The van der Waals surface area contributed by atoms with Crippen molar-refractivity contribution in [2.24, 2.45) is 0 Å². The predicted molar refractivity (Wildman–Crippen MR) is 121 cm³/mol. The molecule has 0 aliphatic carbocycles. The van der Waals surface area contributed by atoms with E-state index < -0.39 is 17.7 Å². The standard InChI is InChI=1S/C22H25Cl2N3O4/c1-3-14(2)16-6-4-5-7-19(16)31-13-22(30)27-26-21(29)11-10-20(28)25-18-9-8-15(23)12-17(18)24/h4-9,12,14H,3,10-11,13H2,1-2H3,(H,25,28)(H,26,29)(H,27,30). The summed E-state index contributed by atoms with van der Waals surface area (Å²) < 4.78 is 5.59. The van der Waals surface area contributed by atoms with Crippen LogP contribution in [-0.4, -0.2) is 24.3 Å². The fraction of sp³-hybridized carbons (Fsp3) is 0.318. The van der Waals surface area contributed by atoms with Crippen LogP contribution < -0.4 is 20.9 Å². The number of hydrogen-bond acceptors (Lipinski definition) is 4. The smallest absolute Gasteiger partial charge is 0.276 e. The average molecular weight is 466 g/mol. The Hall–Kier alpha value is -2.77. The molecule has 0 radical (unpaired) electrons. The van der Waals surface area contributed by atoms with E-state index in [1.807, 2.05) is 18.2 Å². The van der Waals surface area contributed by atoms with Crippen molar-refractivity contribution in [2.75, 3.05) is 11.9 Å². The maximum atomic E-state index is 12.0. The van der Waals surface area contributed by atoms with Gasteiger partial charge in [-0.1, -0.05) is 55.2 Å². The zero-order chi connectivity index (χ0) is 22.8. The van der Waals surface area contributed by atoms with Crippen LogP contribution in [0.2, 0.25) is 10.0 Å². The summed E-state index contributed by atoms with van der Waals surface area (Å²) in [5, 5.41) is 3.35. The maximum Gasteiger partial charge on any atom is 0.276 e. The summed E-state index contributed by atoms with van der Waals surface area (Å²) in [5.74, 6) is -0.477. The first-order valence-electron chi connectivity index (χ1n) is 9.84. The topological polar surface area (TPSA) is 96.5 Å². The number of para-hydroxylation sites is 1. The van der Waals surface area contributed by atoms with Gasteiger partial charge in [-0.2, -0.15) is 0 Å². The van der Waals surface area contributed by atoms with E-state index in [1.54, 1.807) is 18.2 Å². The molecule has 1 unspecified atom stereocenters. The van der Waals surface area contributed by atoms with Crippen LogP contribution in [0.4, 0.5) is 5.69 Å². The number of carbonyl (C=O) groups excluding carboxylic acids is 3. The van der Waals surface area contributed by atoms with Crippen LogP contribution in [0.25, 0.3) is 0 Å². The highest BCUT2D eigenvalue weighted by Crippen LogP contribution is 2.28. The molecule has 31 heavy (non-hydrogen) atoms. The quantitative estimate of drug-likeness (QED) is 0.476. The molecule has 0 aromatic heterocycles. The van der Waals surface area contributed by atoms with Crippen LogP contribution in [0.1, 0.15) is 44.6 Å². The highest BCUT2D eigenvalue weighted by molar-refractivity contribution is 6.36. The van der Waals surface area contributed by atoms with Gasteiger partial charge in [-0.3, -0.25) is 25.2 Å². The van der Waals surface area contributed by atoms with Crippen molar-refractivity contribution in [3.05, 3.63) is 58.1 Å². The lowest BCUT2D eigenvalue weighted by Gasteiger charge is -2.15. The normalized spacial score (nSPS) is 11.4. The predicted octanol–water partition coefficient (Wildman–Crippen LogP) is 4.45. The molecule has 2 rings (SSSR count). The molecule has 0 heterocycles. The van der Waals surface area contributed by atoms with Crippen LogP contribution >= 0.6 is 23.2 Å². The second-order valence-corrected chi connectivity index (χ2v) is 7.75. The number of ether oxygens (including phenoxy) is 1. The summed E-state index contributed by atoms with van der Waals surface area (Å²) in [4.78, 5) is 35.8. The van der Waals surface area contributed by atoms with Gasteiger partial charge in [-0.25, -0.2) is 0 Å². The molecule has 0 spiro atoms. The van der Waals surface area contributed by atoms with E-state index in [9.17, 15) is 14.4 Å². The van der Waals surface area contributed by atoms with E-state index >= 15 is 0 Å². The molecule has 0 saturated carbocycles. The van der Waals surface area contributed by atoms with Gasteiger partial charge in [-0.15, -0.1) is 0 Å².